The predicted octanol–water partition coefficient (Wildman–Crippen LogP) is 2.30. The largest absolute Gasteiger partial charge is 0.381 e. The quantitative estimate of drug-likeness (QED) is 0.759. The Hall–Kier alpha value is -1.09. The number of hydrogen-bond donors (Lipinski definition) is 0. The van der Waals surface area contributed by atoms with E-state index in [1.807, 2.05) is 0 Å². The fourth-order valence-electron chi connectivity index (χ4n) is 2.38. The molecule has 9 heteroatoms. The molecule has 0 bridgehead atoms. The third-order valence-electron chi connectivity index (χ3n) is 3.61. The number of hydrogen-bond acceptors (Lipinski definition) is 6. The standard InChI is InChI=1S/C13H20F2N2O4S/c1-13(14,15)12-16-11(21-17-12)9-22(18,19)8-2-3-10-4-6-20-7-5-10/h10H,2-9H2,1H3. The summed E-state index contributed by atoms with van der Waals surface area (Å²) in [6, 6.07) is 0. The molecule has 0 unspecified atom stereocenters. The monoisotopic (exact) mass is 338 g/mol. The molecule has 1 fully saturated rings. The SMILES string of the molecule is CC(F)(F)c1noc(CS(=O)(=O)CCCC2CCOCC2)n1. The fourth-order valence-corrected chi connectivity index (χ4v) is 3.62. The lowest BCUT2D eigenvalue weighted by atomic mass is 9.95. The number of aromatic nitrogens is 2. The zero-order valence-corrected chi connectivity index (χ0v) is 13.2. The molecule has 0 saturated carbocycles. The Balaban J connectivity index is 1.81. The van der Waals surface area contributed by atoms with Crippen molar-refractivity contribution in [2.45, 2.75) is 44.3 Å². The molecule has 0 aliphatic carbocycles. The Morgan fingerprint density at radius 3 is 2.59 bits per heavy atom. The second-order valence-electron chi connectivity index (χ2n) is 5.69. The Morgan fingerprint density at radius 1 is 1.32 bits per heavy atom. The third kappa shape index (κ3) is 5.28. The van der Waals surface area contributed by atoms with Crippen LogP contribution >= 0.6 is 0 Å². The van der Waals surface area contributed by atoms with Crippen molar-refractivity contribution in [1.29, 1.82) is 0 Å². The minimum atomic E-state index is -3.44. The highest BCUT2D eigenvalue weighted by Crippen LogP contribution is 2.24. The second kappa shape index (κ2) is 6.99. The van der Waals surface area contributed by atoms with Crippen LogP contribution in [0.2, 0.25) is 0 Å². The van der Waals surface area contributed by atoms with Gasteiger partial charge in [0.2, 0.25) is 11.7 Å². The molecule has 0 spiro atoms. The summed E-state index contributed by atoms with van der Waals surface area (Å²) in [5.41, 5.74) is 0. The van der Waals surface area contributed by atoms with Crippen LogP contribution in [0.1, 0.15) is 44.3 Å². The molecule has 0 atom stereocenters. The van der Waals surface area contributed by atoms with Crippen LogP contribution in [0.4, 0.5) is 8.78 Å². The van der Waals surface area contributed by atoms with Crippen molar-refractivity contribution in [1.82, 2.24) is 10.1 Å². The van der Waals surface area contributed by atoms with Gasteiger partial charge in [-0.05, 0) is 31.6 Å². The van der Waals surface area contributed by atoms with Crippen molar-refractivity contribution in [3.8, 4) is 0 Å². The Labute approximate surface area is 128 Å². The van der Waals surface area contributed by atoms with Crippen LogP contribution in [0.15, 0.2) is 4.52 Å². The molecule has 0 N–H and O–H groups in total. The van der Waals surface area contributed by atoms with Gasteiger partial charge >= 0.3 is 5.92 Å². The minimum absolute atomic E-state index is 0.00934. The average Bonchev–Trinajstić information content (AvgIpc) is 2.87. The summed E-state index contributed by atoms with van der Waals surface area (Å²) in [6.45, 7) is 2.09. The number of ether oxygens (including phenoxy) is 1. The molecule has 1 aromatic rings. The smallest absolute Gasteiger partial charge is 0.307 e. The van der Waals surface area contributed by atoms with Crippen LogP contribution in [0.25, 0.3) is 0 Å². The maximum absolute atomic E-state index is 13.0. The van der Waals surface area contributed by atoms with Gasteiger partial charge in [0, 0.05) is 20.1 Å². The first-order chi connectivity index (χ1) is 10.3. The van der Waals surface area contributed by atoms with Crippen LogP contribution in [-0.4, -0.2) is 37.5 Å². The van der Waals surface area contributed by atoms with Crippen LogP contribution in [0.5, 0.6) is 0 Å². The van der Waals surface area contributed by atoms with Gasteiger partial charge in [-0.3, -0.25) is 0 Å². The van der Waals surface area contributed by atoms with E-state index in [2.05, 4.69) is 14.7 Å². The molecule has 1 aliphatic heterocycles. The summed E-state index contributed by atoms with van der Waals surface area (Å²) in [5, 5.41) is 3.11. The first-order valence-electron chi connectivity index (χ1n) is 7.25. The molecule has 1 aliphatic rings. The minimum Gasteiger partial charge on any atom is -0.381 e. The third-order valence-corrected chi connectivity index (χ3v) is 5.21. The van der Waals surface area contributed by atoms with Crippen LogP contribution in [0.3, 0.4) is 0 Å². The lowest BCUT2D eigenvalue weighted by Gasteiger charge is -2.21. The lowest BCUT2D eigenvalue weighted by molar-refractivity contribution is 0.00559. The molecular formula is C13H20F2N2O4S. The van der Waals surface area contributed by atoms with Gasteiger partial charge in [-0.1, -0.05) is 5.16 Å². The molecule has 0 radical (unpaired) electrons. The molecule has 2 rings (SSSR count). The number of alkyl halides is 2. The van der Waals surface area contributed by atoms with Gasteiger partial charge in [-0.2, -0.15) is 13.8 Å². The molecule has 1 saturated heterocycles. The lowest BCUT2D eigenvalue weighted by Crippen LogP contribution is -2.17. The summed E-state index contributed by atoms with van der Waals surface area (Å²) >= 11 is 0. The summed E-state index contributed by atoms with van der Waals surface area (Å²) in [6.07, 6.45) is 3.28. The van der Waals surface area contributed by atoms with E-state index in [0.717, 1.165) is 32.5 Å². The van der Waals surface area contributed by atoms with E-state index in [1.54, 1.807) is 0 Å². The Bertz CT molecular complexity index is 577. The molecular weight excluding hydrogens is 318 g/mol. The summed E-state index contributed by atoms with van der Waals surface area (Å²) in [7, 11) is -3.44. The van der Waals surface area contributed by atoms with E-state index in [9.17, 15) is 17.2 Å². The topological polar surface area (TPSA) is 82.3 Å². The van der Waals surface area contributed by atoms with Gasteiger partial charge in [0.05, 0.1) is 5.75 Å². The van der Waals surface area contributed by atoms with Gasteiger partial charge < -0.3 is 9.26 Å². The zero-order valence-electron chi connectivity index (χ0n) is 12.4. The Kier molecular flexibility index (Phi) is 5.49. The van der Waals surface area contributed by atoms with Gasteiger partial charge in [0.25, 0.3) is 0 Å². The van der Waals surface area contributed by atoms with E-state index in [1.165, 1.54) is 0 Å². The van der Waals surface area contributed by atoms with Crippen molar-refractivity contribution >= 4 is 9.84 Å². The van der Waals surface area contributed by atoms with E-state index in [4.69, 9.17) is 4.74 Å². The second-order valence-corrected chi connectivity index (χ2v) is 7.87. The Morgan fingerprint density at radius 2 is 2.00 bits per heavy atom. The van der Waals surface area contributed by atoms with Gasteiger partial charge in [-0.15, -0.1) is 0 Å². The average molecular weight is 338 g/mol. The van der Waals surface area contributed by atoms with E-state index in [-0.39, 0.29) is 11.6 Å². The molecule has 0 amide bonds. The summed E-state index contributed by atoms with van der Waals surface area (Å²) in [5.74, 6) is -4.33. The summed E-state index contributed by atoms with van der Waals surface area (Å²) in [4.78, 5) is 3.44. The zero-order chi connectivity index (χ0) is 16.2. The van der Waals surface area contributed by atoms with Gasteiger partial charge in [0.1, 0.15) is 5.75 Å². The van der Waals surface area contributed by atoms with Crippen molar-refractivity contribution in [3.63, 3.8) is 0 Å². The van der Waals surface area contributed by atoms with Crippen molar-refractivity contribution in [2.75, 3.05) is 19.0 Å². The van der Waals surface area contributed by atoms with Crippen LogP contribution in [0, 0.1) is 5.92 Å². The maximum atomic E-state index is 13.0. The molecule has 6 nitrogen and oxygen atoms in total. The first kappa shape index (κ1) is 17.3. The number of halogens is 2. The van der Waals surface area contributed by atoms with E-state index in [0.29, 0.717) is 19.3 Å². The molecule has 126 valence electrons. The molecule has 1 aromatic heterocycles. The highest BCUT2D eigenvalue weighted by Gasteiger charge is 2.31. The van der Waals surface area contributed by atoms with Crippen molar-refractivity contribution < 1.29 is 26.5 Å². The number of rotatable bonds is 7. The van der Waals surface area contributed by atoms with E-state index < -0.39 is 27.3 Å². The first-order valence-corrected chi connectivity index (χ1v) is 9.07. The van der Waals surface area contributed by atoms with Gasteiger partial charge in [-0.25, -0.2) is 8.42 Å². The van der Waals surface area contributed by atoms with Crippen molar-refractivity contribution in [3.05, 3.63) is 11.7 Å². The number of sulfone groups is 1. The summed E-state index contributed by atoms with van der Waals surface area (Å²) < 4.78 is 59.7. The highest BCUT2D eigenvalue weighted by molar-refractivity contribution is 7.90. The van der Waals surface area contributed by atoms with Crippen LogP contribution < -0.4 is 0 Å². The highest BCUT2D eigenvalue weighted by atomic mass is 32.2. The van der Waals surface area contributed by atoms with Crippen molar-refractivity contribution in [2.24, 2.45) is 5.92 Å². The molecule has 22 heavy (non-hydrogen) atoms. The van der Waals surface area contributed by atoms with Gasteiger partial charge in [0.15, 0.2) is 9.84 Å². The van der Waals surface area contributed by atoms with Crippen LogP contribution in [-0.2, 0) is 26.2 Å². The van der Waals surface area contributed by atoms with E-state index >= 15 is 0 Å². The number of nitrogens with zero attached hydrogens (tertiary/aromatic N) is 2. The normalized spacial score (nSPS) is 17.8. The molecule has 2 heterocycles. The molecule has 0 aromatic carbocycles. The predicted molar refractivity (Wildman–Crippen MR) is 74.1 cm³/mol. The maximum Gasteiger partial charge on any atom is 0.307 e. The fraction of sp³-hybridized carbons (Fsp3) is 0.846.